The molecule has 0 saturated heterocycles. The first-order valence-electron chi connectivity index (χ1n) is 11.2. The lowest BCUT2D eigenvalue weighted by Gasteiger charge is -2.23. The Morgan fingerprint density at radius 3 is 2.50 bits per heavy atom. The lowest BCUT2D eigenvalue weighted by molar-refractivity contribution is -0.112. The van der Waals surface area contributed by atoms with Crippen LogP contribution in [0.2, 0.25) is 0 Å². The van der Waals surface area contributed by atoms with E-state index in [1.54, 1.807) is 30.4 Å². The van der Waals surface area contributed by atoms with Crippen LogP contribution >= 0.6 is 11.8 Å². The van der Waals surface area contributed by atoms with Crippen molar-refractivity contribution in [3.05, 3.63) is 59.9 Å². The predicted molar refractivity (Wildman–Crippen MR) is 135 cm³/mol. The van der Waals surface area contributed by atoms with Crippen molar-refractivity contribution in [2.45, 2.75) is 43.2 Å². The lowest BCUT2D eigenvalue weighted by atomic mass is 9.83. The third-order valence-electron chi connectivity index (χ3n) is 6.27. The monoisotopic (exact) mass is 499 g/mol. The van der Waals surface area contributed by atoms with Crippen LogP contribution in [0.1, 0.15) is 33.3 Å². The molecule has 3 aromatic rings. The minimum absolute atomic E-state index is 0.0450. The molecular formula is C24H29N5O3S2. The summed E-state index contributed by atoms with van der Waals surface area (Å²) in [4.78, 5) is 15.2. The third-order valence-corrected chi connectivity index (χ3v) is 9.27. The molecule has 1 aliphatic heterocycles. The van der Waals surface area contributed by atoms with Crippen LogP contribution in [0.4, 0.5) is 5.69 Å². The third kappa shape index (κ3) is 4.14. The van der Waals surface area contributed by atoms with E-state index in [2.05, 4.69) is 41.1 Å². The smallest absolute Gasteiger partial charge is 0.244 e. The van der Waals surface area contributed by atoms with Gasteiger partial charge in [0.1, 0.15) is 0 Å². The summed E-state index contributed by atoms with van der Waals surface area (Å²) in [6.07, 6.45) is 3.23. The van der Waals surface area contributed by atoms with Crippen molar-refractivity contribution < 1.29 is 13.2 Å². The molecule has 3 heterocycles. The molecule has 10 heteroatoms. The van der Waals surface area contributed by atoms with Crippen LogP contribution < -0.4 is 4.90 Å². The van der Waals surface area contributed by atoms with Crippen LogP contribution in [0.5, 0.6) is 0 Å². The Labute approximate surface area is 204 Å². The Balaban J connectivity index is 1.56. The fourth-order valence-electron chi connectivity index (χ4n) is 4.40. The molecule has 34 heavy (non-hydrogen) atoms. The van der Waals surface area contributed by atoms with Crippen molar-refractivity contribution in [2.75, 3.05) is 30.8 Å². The molecule has 0 spiro atoms. The molecule has 0 saturated carbocycles. The van der Waals surface area contributed by atoms with Gasteiger partial charge >= 0.3 is 0 Å². The summed E-state index contributed by atoms with van der Waals surface area (Å²) in [5.41, 5.74) is 3.48. The van der Waals surface area contributed by atoms with Gasteiger partial charge in [-0.3, -0.25) is 9.20 Å². The minimum atomic E-state index is -3.61. The van der Waals surface area contributed by atoms with Gasteiger partial charge in [0.15, 0.2) is 16.6 Å². The Morgan fingerprint density at radius 2 is 1.82 bits per heavy atom. The highest BCUT2D eigenvalue weighted by Gasteiger charge is 2.38. The standard InChI is InChI=1S/C24H29N5O3S2/c1-6-28(7-2)34(31,32)18-12-13-22-25-26-23(29(22)15-18)33-16-17(30)14-21-24(3,4)19-10-8-9-11-20(19)27(21)5/h8-15H,6-7,16H2,1-5H3/b21-14+. The summed E-state index contributed by atoms with van der Waals surface area (Å²) in [5.74, 6) is 0.119. The van der Waals surface area contributed by atoms with E-state index in [4.69, 9.17) is 0 Å². The number of benzene rings is 1. The zero-order valence-electron chi connectivity index (χ0n) is 20.0. The van der Waals surface area contributed by atoms with Gasteiger partial charge in [-0.25, -0.2) is 8.42 Å². The van der Waals surface area contributed by atoms with Crippen LogP contribution in [-0.2, 0) is 20.2 Å². The van der Waals surface area contributed by atoms with E-state index in [9.17, 15) is 13.2 Å². The van der Waals surface area contributed by atoms with Crippen LogP contribution in [0.15, 0.2) is 64.4 Å². The second-order valence-electron chi connectivity index (χ2n) is 8.65. The number of rotatable bonds is 8. The highest BCUT2D eigenvalue weighted by atomic mass is 32.2. The molecule has 0 amide bonds. The van der Waals surface area contributed by atoms with Gasteiger partial charge in [0.25, 0.3) is 0 Å². The highest BCUT2D eigenvalue weighted by molar-refractivity contribution is 7.99. The number of hydrogen-bond acceptors (Lipinski definition) is 7. The number of carbonyl (C=O) groups is 1. The Hall–Kier alpha value is -2.69. The fraction of sp³-hybridized carbons (Fsp3) is 0.375. The molecule has 0 unspecified atom stereocenters. The summed E-state index contributed by atoms with van der Waals surface area (Å²) >= 11 is 1.24. The number of fused-ring (bicyclic) bond motifs is 2. The maximum Gasteiger partial charge on any atom is 0.244 e. The number of pyridine rings is 1. The topological polar surface area (TPSA) is 87.9 Å². The zero-order chi connectivity index (χ0) is 24.7. The minimum Gasteiger partial charge on any atom is -0.347 e. The molecule has 0 N–H and O–H groups in total. The van der Waals surface area contributed by atoms with Crippen molar-refractivity contribution in [3.8, 4) is 0 Å². The highest BCUT2D eigenvalue weighted by Crippen LogP contribution is 2.46. The number of nitrogens with zero attached hydrogens (tertiary/aromatic N) is 5. The quantitative estimate of drug-likeness (QED) is 0.345. The van der Waals surface area contributed by atoms with Gasteiger partial charge in [-0.2, -0.15) is 4.31 Å². The number of likely N-dealkylation sites (N-methyl/N-ethyl adjacent to an activating group) is 1. The second-order valence-corrected chi connectivity index (χ2v) is 11.5. The van der Waals surface area contributed by atoms with Gasteiger partial charge < -0.3 is 4.90 Å². The van der Waals surface area contributed by atoms with E-state index in [1.165, 1.54) is 33.9 Å². The van der Waals surface area contributed by atoms with Gasteiger partial charge in [0.2, 0.25) is 10.0 Å². The number of sulfonamides is 1. The number of carbonyl (C=O) groups excluding carboxylic acids is 1. The van der Waals surface area contributed by atoms with E-state index < -0.39 is 10.0 Å². The first kappa shape index (κ1) is 24.4. The number of aromatic nitrogens is 3. The second kappa shape index (κ2) is 9.16. The van der Waals surface area contributed by atoms with Crippen LogP contribution in [0.25, 0.3) is 5.65 Å². The van der Waals surface area contributed by atoms with Crippen molar-refractivity contribution in [1.29, 1.82) is 0 Å². The first-order chi connectivity index (χ1) is 16.1. The van der Waals surface area contributed by atoms with Gasteiger partial charge in [0.05, 0.1) is 10.6 Å². The summed E-state index contributed by atoms with van der Waals surface area (Å²) in [5, 5.41) is 8.76. The predicted octanol–water partition coefficient (Wildman–Crippen LogP) is 3.73. The Morgan fingerprint density at radius 1 is 1.12 bits per heavy atom. The molecule has 1 aliphatic rings. The molecular weight excluding hydrogens is 470 g/mol. The SMILES string of the molecule is CCN(CC)S(=O)(=O)c1ccc2nnc(SCC(=O)/C=C3/N(C)c4ccccc4C3(C)C)n2c1. The normalized spacial score (nSPS) is 16.5. The van der Waals surface area contributed by atoms with Crippen LogP contribution in [-0.4, -0.2) is 59.0 Å². The van der Waals surface area contributed by atoms with Gasteiger partial charge in [-0.05, 0) is 23.8 Å². The molecule has 2 aromatic heterocycles. The largest absolute Gasteiger partial charge is 0.347 e. The van der Waals surface area contributed by atoms with E-state index in [0.717, 1.165) is 11.4 Å². The van der Waals surface area contributed by atoms with E-state index >= 15 is 0 Å². The molecule has 0 atom stereocenters. The summed E-state index contributed by atoms with van der Waals surface area (Å²) < 4.78 is 28.9. The fourth-order valence-corrected chi connectivity index (χ4v) is 6.60. The van der Waals surface area contributed by atoms with E-state index in [-0.39, 0.29) is 21.8 Å². The molecule has 0 radical (unpaired) electrons. The Kier molecular flexibility index (Phi) is 6.58. The summed E-state index contributed by atoms with van der Waals surface area (Å²) in [7, 11) is -1.64. The lowest BCUT2D eigenvalue weighted by Crippen LogP contribution is -2.30. The average molecular weight is 500 g/mol. The maximum atomic E-state index is 12.9. The van der Waals surface area contributed by atoms with Crippen molar-refractivity contribution in [1.82, 2.24) is 18.9 Å². The van der Waals surface area contributed by atoms with E-state index in [1.807, 2.05) is 19.2 Å². The average Bonchev–Trinajstić information content (AvgIpc) is 3.30. The summed E-state index contributed by atoms with van der Waals surface area (Å²) in [6, 6.07) is 11.3. The van der Waals surface area contributed by atoms with Crippen LogP contribution in [0, 0.1) is 0 Å². The molecule has 0 bridgehead atoms. The molecule has 180 valence electrons. The Bertz CT molecular complexity index is 1370. The van der Waals surface area contributed by atoms with Gasteiger partial charge in [0, 0.05) is 49.2 Å². The van der Waals surface area contributed by atoms with Crippen molar-refractivity contribution in [2.24, 2.45) is 0 Å². The van der Waals surface area contributed by atoms with Crippen molar-refractivity contribution >= 4 is 38.9 Å². The number of anilines is 1. The molecule has 4 rings (SSSR count). The number of thioether (sulfide) groups is 1. The number of allylic oxidation sites excluding steroid dienone is 2. The zero-order valence-corrected chi connectivity index (χ0v) is 21.7. The van der Waals surface area contributed by atoms with Gasteiger partial charge in [-0.1, -0.05) is 57.7 Å². The van der Waals surface area contributed by atoms with Crippen molar-refractivity contribution in [3.63, 3.8) is 0 Å². The molecule has 1 aromatic carbocycles. The number of hydrogen-bond donors (Lipinski definition) is 0. The van der Waals surface area contributed by atoms with Crippen LogP contribution in [0.3, 0.4) is 0 Å². The van der Waals surface area contributed by atoms with Gasteiger partial charge in [-0.15, -0.1) is 10.2 Å². The molecule has 0 fully saturated rings. The molecule has 0 aliphatic carbocycles. The first-order valence-corrected chi connectivity index (χ1v) is 13.6. The maximum absolute atomic E-state index is 12.9. The summed E-state index contributed by atoms with van der Waals surface area (Å²) in [6.45, 7) is 8.62. The molecule has 8 nitrogen and oxygen atoms in total. The number of para-hydroxylation sites is 1. The van der Waals surface area contributed by atoms with E-state index in [0.29, 0.717) is 23.9 Å². The number of ketones is 1.